The third kappa shape index (κ3) is 4.10. The van der Waals surface area contributed by atoms with Crippen molar-refractivity contribution in [2.75, 3.05) is 26.2 Å². The molecule has 0 bridgehead atoms. The van der Waals surface area contributed by atoms with Crippen molar-refractivity contribution in [3.05, 3.63) is 28.0 Å². The van der Waals surface area contributed by atoms with Gasteiger partial charge in [0.2, 0.25) is 0 Å². The molecule has 0 unspecified atom stereocenters. The van der Waals surface area contributed by atoms with Crippen molar-refractivity contribution in [3.63, 3.8) is 0 Å². The molecule has 21 heavy (non-hydrogen) atoms. The maximum Gasteiger partial charge on any atom is 0.135 e. The molecule has 0 amide bonds. The van der Waals surface area contributed by atoms with Gasteiger partial charge in [0.05, 0.1) is 0 Å². The molecule has 2 aliphatic heterocycles. The molecule has 3 heterocycles. The van der Waals surface area contributed by atoms with E-state index < -0.39 is 0 Å². The number of piperidine rings is 2. The molecule has 2 saturated heterocycles. The predicted molar refractivity (Wildman–Crippen MR) is 88.0 cm³/mol. The summed E-state index contributed by atoms with van der Waals surface area (Å²) in [6.07, 6.45) is 6.73. The van der Waals surface area contributed by atoms with Gasteiger partial charge in [-0.15, -0.1) is 0 Å². The van der Waals surface area contributed by atoms with E-state index >= 15 is 0 Å². The van der Waals surface area contributed by atoms with Crippen molar-refractivity contribution in [1.82, 2.24) is 14.8 Å². The molecule has 0 radical (unpaired) electrons. The van der Waals surface area contributed by atoms with Gasteiger partial charge in [0.1, 0.15) is 10.3 Å². The fourth-order valence-corrected chi connectivity index (χ4v) is 3.93. The van der Waals surface area contributed by atoms with Gasteiger partial charge >= 0.3 is 0 Å². The number of likely N-dealkylation sites (tertiary alicyclic amines) is 2. The second kappa shape index (κ2) is 7.28. The molecule has 5 heteroatoms. The Kier molecular flexibility index (Phi) is 5.38. The van der Waals surface area contributed by atoms with Gasteiger partial charge in [-0.1, -0.05) is 35.7 Å². The Morgan fingerprint density at radius 1 is 1.00 bits per heavy atom. The van der Waals surface area contributed by atoms with Gasteiger partial charge in [0, 0.05) is 18.2 Å². The summed E-state index contributed by atoms with van der Waals surface area (Å²) in [7, 11) is 0. The number of pyridine rings is 1. The molecular weight excluding hydrogens is 305 g/mol. The first-order valence-electron chi connectivity index (χ1n) is 8.00. The number of hydrogen-bond donors (Lipinski definition) is 0. The quantitative estimate of drug-likeness (QED) is 0.786. The summed E-state index contributed by atoms with van der Waals surface area (Å²) >= 11 is 12.0. The van der Waals surface area contributed by atoms with E-state index in [4.69, 9.17) is 23.2 Å². The van der Waals surface area contributed by atoms with E-state index in [2.05, 4.69) is 14.8 Å². The molecule has 1 aromatic rings. The highest BCUT2D eigenvalue weighted by molar-refractivity contribution is 6.32. The molecule has 0 atom stereocenters. The van der Waals surface area contributed by atoms with Gasteiger partial charge in [0.25, 0.3) is 0 Å². The minimum Gasteiger partial charge on any atom is -0.300 e. The van der Waals surface area contributed by atoms with E-state index in [0.29, 0.717) is 10.3 Å². The van der Waals surface area contributed by atoms with Crippen molar-refractivity contribution in [3.8, 4) is 0 Å². The van der Waals surface area contributed by atoms with Crippen molar-refractivity contribution in [2.45, 2.75) is 44.7 Å². The van der Waals surface area contributed by atoms with E-state index in [-0.39, 0.29) is 0 Å². The van der Waals surface area contributed by atoms with Crippen LogP contribution in [0.3, 0.4) is 0 Å². The van der Waals surface area contributed by atoms with Crippen LogP contribution in [0.4, 0.5) is 0 Å². The van der Waals surface area contributed by atoms with Crippen LogP contribution in [0.15, 0.2) is 12.1 Å². The highest BCUT2D eigenvalue weighted by atomic mass is 35.5. The Balaban J connectivity index is 1.51. The molecule has 116 valence electrons. The van der Waals surface area contributed by atoms with Gasteiger partial charge in [-0.25, -0.2) is 4.98 Å². The molecular formula is C16H23Cl2N3. The van der Waals surface area contributed by atoms with Crippen molar-refractivity contribution in [1.29, 1.82) is 0 Å². The molecule has 0 saturated carbocycles. The first kappa shape index (κ1) is 15.5. The average Bonchev–Trinajstić information content (AvgIpc) is 2.52. The van der Waals surface area contributed by atoms with Gasteiger partial charge in [0.15, 0.2) is 0 Å². The lowest BCUT2D eigenvalue weighted by Gasteiger charge is -2.40. The molecule has 2 fully saturated rings. The summed E-state index contributed by atoms with van der Waals surface area (Å²) in [6, 6.07) is 4.61. The second-order valence-electron chi connectivity index (χ2n) is 6.19. The largest absolute Gasteiger partial charge is 0.300 e. The van der Waals surface area contributed by atoms with E-state index in [9.17, 15) is 0 Å². The Morgan fingerprint density at radius 3 is 2.38 bits per heavy atom. The molecule has 0 spiro atoms. The standard InChI is InChI=1S/C16H23Cl2N3/c17-15-5-4-13(16(18)19-15)12-20-10-6-14(7-11-20)21-8-2-1-3-9-21/h4-5,14H,1-3,6-12H2. The fraction of sp³-hybridized carbons (Fsp3) is 0.688. The Hall–Kier alpha value is -0.350. The molecule has 0 aliphatic carbocycles. The van der Waals surface area contributed by atoms with E-state index in [1.54, 1.807) is 0 Å². The lowest BCUT2D eigenvalue weighted by molar-refractivity contribution is 0.0896. The Bertz CT molecular complexity index is 467. The normalized spacial score (nSPS) is 22.6. The number of nitrogens with zero attached hydrogens (tertiary/aromatic N) is 3. The topological polar surface area (TPSA) is 19.4 Å². The SMILES string of the molecule is Clc1ccc(CN2CCC(N3CCCCC3)CC2)c(Cl)n1. The van der Waals surface area contributed by atoms with Crippen LogP contribution in [0.1, 0.15) is 37.7 Å². The molecule has 0 N–H and O–H groups in total. The van der Waals surface area contributed by atoms with Gasteiger partial charge < -0.3 is 4.90 Å². The second-order valence-corrected chi connectivity index (χ2v) is 6.93. The van der Waals surface area contributed by atoms with Crippen LogP contribution in [0.25, 0.3) is 0 Å². The van der Waals surface area contributed by atoms with Crippen LogP contribution in [-0.2, 0) is 6.54 Å². The molecule has 1 aromatic heterocycles. The maximum absolute atomic E-state index is 6.17. The summed E-state index contributed by atoms with van der Waals surface area (Å²) < 4.78 is 0. The minimum atomic E-state index is 0.465. The molecule has 3 nitrogen and oxygen atoms in total. The van der Waals surface area contributed by atoms with E-state index in [1.165, 1.54) is 45.2 Å². The van der Waals surface area contributed by atoms with Gasteiger partial charge in [-0.2, -0.15) is 0 Å². The molecule has 2 aliphatic rings. The smallest absolute Gasteiger partial charge is 0.135 e. The minimum absolute atomic E-state index is 0.465. The van der Waals surface area contributed by atoms with Crippen LogP contribution in [0.2, 0.25) is 10.3 Å². The Morgan fingerprint density at radius 2 is 1.71 bits per heavy atom. The first-order chi connectivity index (χ1) is 10.2. The van der Waals surface area contributed by atoms with Crippen LogP contribution < -0.4 is 0 Å². The maximum atomic E-state index is 6.17. The summed E-state index contributed by atoms with van der Waals surface area (Å²) in [5.41, 5.74) is 1.08. The van der Waals surface area contributed by atoms with Crippen LogP contribution >= 0.6 is 23.2 Å². The zero-order valence-electron chi connectivity index (χ0n) is 12.4. The highest BCUT2D eigenvalue weighted by Crippen LogP contribution is 2.24. The molecule has 3 rings (SSSR count). The summed E-state index contributed by atoms with van der Waals surface area (Å²) in [5, 5.41) is 1.01. The van der Waals surface area contributed by atoms with Crippen LogP contribution in [0, 0.1) is 0 Å². The summed E-state index contributed by atoms with van der Waals surface area (Å²) in [5.74, 6) is 0. The zero-order valence-corrected chi connectivity index (χ0v) is 13.9. The third-order valence-electron chi connectivity index (χ3n) is 4.75. The molecule has 0 aromatic carbocycles. The van der Waals surface area contributed by atoms with Crippen LogP contribution in [-0.4, -0.2) is 47.0 Å². The Labute approximate surface area is 137 Å². The lowest BCUT2D eigenvalue weighted by atomic mass is 9.99. The number of hydrogen-bond acceptors (Lipinski definition) is 3. The lowest BCUT2D eigenvalue weighted by Crippen LogP contribution is -2.46. The fourth-order valence-electron chi connectivity index (χ4n) is 3.53. The first-order valence-corrected chi connectivity index (χ1v) is 8.75. The summed E-state index contributed by atoms with van der Waals surface area (Å²) in [6.45, 7) is 5.80. The highest BCUT2D eigenvalue weighted by Gasteiger charge is 2.25. The van der Waals surface area contributed by atoms with Crippen LogP contribution in [0.5, 0.6) is 0 Å². The number of rotatable bonds is 3. The van der Waals surface area contributed by atoms with Crippen molar-refractivity contribution < 1.29 is 0 Å². The number of halogens is 2. The predicted octanol–water partition coefficient (Wildman–Crippen LogP) is 3.84. The van der Waals surface area contributed by atoms with E-state index in [1.807, 2.05) is 12.1 Å². The third-order valence-corrected chi connectivity index (χ3v) is 5.29. The van der Waals surface area contributed by atoms with Crippen molar-refractivity contribution >= 4 is 23.2 Å². The average molecular weight is 328 g/mol. The van der Waals surface area contributed by atoms with E-state index in [0.717, 1.165) is 31.2 Å². The monoisotopic (exact) mass is 327 g/mol. The van der Waals surface area contributed by atoms with Gasteiger partial charge in [-0.05, 0) is 57.9 Å². The number of aromatic nitrogens is 1. The zero-order chi connectivity index (χ0) is 14.7. The van der Waals surface area contributed by atoms with Gasteiger partial charge in [-0.3, -0.25) is 4.90 Å². The summed E-state index contributed by atoms with van der Waals surface area (Å²) in [4.78, 5) is 9.31. The van der Waals surface area contributed by atoms with Crippen molar-refractivity contribution in [2.24, 2.45) is 0 Å².